The highest BCUT2D eigenvalue weighted by Crippen LogP contribution is 2.36. The van der Waals surface area contributed by atoms with Gasteiger partial charge in [-0.05, 0) is 48.9 Å². The number of ether oxygens (including phenoxy) is 1. The maximum absolute atomic E-state index is 13.2. The van der Waals surface area contributed by atoms with Crippen LogP contribution in [0, 0.1) is 5.82 Å². The van der Waals surface area contributed by atoms with Crippen molar-refractivity contribution < 1.29 is 23.5 Å². The van der Waals surface area contributed by atoms with E-state index in [0.29, 0.717) is 59.6 Å². The highest BCUT2D eigenvalue weighted by Gasteiger charge is 2.38. The zero-order valence-corrected chi connectivity index (χ0v) is 22.0. The summed E-state index contributed by atoms with van der Waals surface area (Å²) in [6, 6.07) is 9.15. The van der Waals surface area contributed by atoms with Gasteiger partial charge in [0, 0.05) is 61.1 Å². The van der Waals surface area contributed by atoms with E-state index in [2.05, 4.69) is 10.2 Å². The van der Waals surface area contributed by atoms with E-state index in [9.17, 15) is 18.8 Å². The van der Waals surface area contributed by atoms with E-state index in [4.69, 9.17) is 27.9 Å². The number of hydrogen-bond donors (Lipinski definition) is 1. The van der Waals surface area contributed by atoms with Crippen molar-refractivity contribution in [2.45, 2.75) is 13.0 Å². The maximum atomic E-state index is 13.2. The molecule has 2 aliphatic rings. The molecule has 0 spiro atoms. The van der Waals surface area contributed by atoms with Crippen molar-refractivity contribution >= 4 is 41.1 Å². The minimum Gasteiger partial charge on any atom is -0.463 e. The monoisotopic (exact) mass is 548 g/mol. The average Bonchev–Trinajstić information content (AvgIpc) is 2.87. The van der Waals surface area contributed by atoms with E-state index in [1.54, 1.807) is 37.1 Å². The van der Waals surface area contributed by atoms with Gasteiger partial charge in [-0.1, -0.05) is 29.3 Å². The SMILES string of the molecule is CCOC(=O)C1=C(CN2CCN(C(=O)c3ccc(F)cc3)CC2)N(C)C(=O)N[C@H]1c1ccc(Cl)cc1Cl. The molecule has 0 saturated carbocycles. The van der Waals surface area contributed by atoms with Gasteiger partial charge in [-0.25, -0.2) is 14.0 Å². The molecule has 1 atom stereocenters. The molecule has 11 heteroatoms. The summed E-state index contributed by atoms with van der Waals surface area (Å²) in [7, 11) is 1.60. The van der Waals surface area contributed by atoms with Gasteiger partial charge in [0.1, 0.15) is 5.82 Å². The van der Waals surface area contributed by atoms with Crippen LogP contribution >= 0.6 is 23.2 Å². The molecular weight excluding hydrogens is 522 g/mol. The summed E-state index contributed by atoms with van der Waals surface area (Å²) in [6.45, 7) is 4.10. The third-order valence-corrected chi connectivity index (χ3v) is 7.03. The van der Waals surface area contributed by atoms with Crippen molar-refractivity contribution in [2.75, 3.05) is 46.4 Å². The number of likely N-dealkylation sites (N-methyl/N-ethyl adjacent to an activating group) is 1. The molecule has 37 heavy (non-hydrogen) atoms. The molecule has 0 radical (unpaired) electrons. The topological polar surface area (TPSA) is 82.2 Å². The number of amides is 3. The highest BCUT2D eigenvalue weighted by atomic mass is 35.5. The predicted molar refractivity (Wildman–Crippen MR) is 138 cm³/mol. The van der Waals surface area contributed by atoms with Gasteiger partial charge in [0.15, 0.2) is 0 Å². The first-order valence-electron chi connectivity index (χ1n) is 11.9. The van der Waals surface area contributed by atoms with E-state index in [1.807, 2.05) is 0 Å². The van der Waals surface area contributed by atoms with Gasteiger partial charge in [-0.2, -0.15) is 0 Å². The quantitative estimate of drug-likeness (QED) is 0.549. The molecule has 8 nitrogen and oxygen atoms in total. The van der Waals surface area contributed by atoms with Crippen molar-refractivity contribution in [1.82, 2.24) is 20.0 Å². The first-order valence-corrected chi connectivity index (χ1v) is 12.6. The van der Waals surface area contributed by atoms with Gasteiger partial charge < -0.3 is 15.0 Å². The number of rotatable bonds is 6. The smallest absolute Gasteiger partial charge is 0.338 e. The number of piperazine rings is 1. The fourth-order valence-electron chi connectivity index (χ4n) is 4.46. The lowest BCUT2D eigenvalue weighted by Crippen LogP contribution is -2.53. The number of halogens is 3. The largest absolute Gasteiger partial charge is 0.463 e. The highest BCUT2D eigenvalue weighted by molar-refractivity contribution is 6.35. The van der Waals surface area contributed by atoms with Crippen molar-refractivity contribution in [3.8, 4) is 0 Å². The summed E-state index contributed by atoms with van der Waals surface area (Å²) in [5.74, 6) is -1.12. The van der Waals surface area contributed by atoms with Crippen LogP contribution in [0.25, 0.3) is 0 Å². The van der Waals surface area contributed by atoms with Crippen LogP contribution in [0.3, 0.4) is 0 Å². The third-order valence-electron chi connectivity index (χ3n) is 6.47. The summed E-state index contributed by atoms with van der Waals surface area (Å²) < 4.78 is 18.6. The summed E-state index contributed by atoms with van der Waals surface area (Å²) in [5, 5.41) is 3.60. The lowest BCUT2D eigenvalue weighted by atomic mass is 9.94. The van der Waals surface area contributed by atoms with Gasteiger partial charge in [-0.3, -0.25) is 14.6 Å². The molecule has 3 amide bonds. The molecular formula is C26H27Cl2FN4O4. The van der Waals surface area contributed by atoms with Gasteiger partial charge in [0.2, 0.25) is 0 Å². The lowest BCUT2D eigenvalue weighted by Gasteiger charge is -2.39. The maximum Gasteiger partial charge on any atom is 0.338 e. The Bertz CT molecular complexity index is 1230. The molecule has 196 valence electrons. The molecule has 4 rings (SSSR count). The molecule has 2 aromatic rings. The van der Waals surface area contributed by atoms with Crippen molar-refractivity contribution in [3.05, 3.63) is 80.7 Å². The molecule has 1 N–H and O–H groups in total. The summed E-state index contributed by atoms with van der Waals surface area (Å²) in [5.41, 5.74) is 1.74. The standard InChI is InChI=1S/C26H27Cl2FN4O4/c1-3-37-25(35)22-21(31(2)26(36)30-23(22)19-9-6-17(27)14-20(19)28)15-32-10-12-33(13-11-32)24(34)16-4-7-18(29)8-5-16/h4-9,14,23H,3,10-13,15H2,1-2H3,(H,30,36)/t23-/m0/s1. The minimum absolute atomic E-state index is 0.165. The molecule has 1 saturated heterocycles. The number of nitrogens with zero attached hydrogens (tertiary/aromatic N) is 3. The first kappa shape index (κ1) is 26.9. The number of esters is 1. The number of carbonyl (C=O) groups excluding carboxylic acids is 3. The number of hydrogen-bond acceptors (Lipinski definition) is 5. The van der Waals surface area contributed by atoms with E-state index >= 15 is 0 Å². The van der Waals surface area contributed by atoms with E-state index in [1.165, 1.54) is 29.2 Å². The zero-order chi connectivity index (χ0) is 26.7. The molecule has 0 bridgehead atoms. The Labute approximate surface area is 224 Å². The van der Waals surface area contributed by atoms with E-state index in [-0.39, 0.29) is 24.1 Å². The second-order valence-electron chi connectivity index (χ2n) is 8.76. The molecule has 1 fully saturated rings. The number of benzene rings is 2. The Morgan fingerprint density at radius 3 is 2.38 bits per heavy atom. The Morgan fingerprint density at radius 2 is 1.76 bits per heavy atom. The third kappa shape index (κ3) is 5.89. The van der Waals surface area contributed by atoms with Crippen LogP contribution < -0.4 is 5.32 Å². The summed E-state index contributed by atoms with van der Waals surface area (Å²) in [4.78, 5) is 44.1. The number of urea groups is 1. The van der Waals surface area contributed by atoms with Gasteiger partial charge in [-0.15, -0.1) is 0 Å². The van der Waals surface area contributed by atoms with Gasteiger partial charge in [0.05, 0.1) is 18.2 Å². The number of nitrogens with one attached hydrogen (secondary N) is 1. The average molecular weight is 549 g/mol. The molecule has 2 aromatic carbocycles. The van der Waals surface area contributed by atoms with Crippen LogP contribution in [0.15, 0.2) is 53.7 Å². The Hall–Kier alpha value is -3.14. The Morgan fingerprint density at radius 1 is 1.08 bits per heavy atom. The van der Waals surface area contributed by atoms with Gasteiger partial charge >= 0.3 is 12.0 Å². The lowest BCUT2D eigenvalue weighted by molar-refractivity contribution is -0.139. The Kier molecular flexibility index (Phi) is 8.36. The van der Waals surface area contributed by atoms with Crippen LogP contribution in [0.4, 0.5) is 9.18 Å². The molecule has 2 aliphatic heterocycles. The predicted octanol–water partition coefficient (Wildman–Crippen LogP) is 4.10. The zero-order valence-electron chi connectivity index (χ0n) is 20.5. The molecule has 0 aliphatic carbocycles. The van der Waals surface area contributed by atoms with Crippen LogP contribution in [0.2, 0.25) is 10.0 Å². The summed E-state index contributed by atoms with van der Waals surface area (Å²) >= 11 is 12.5. The van der Waals surface area contributed by atoms with Crippen LogP contribution in [-0.4, -0.2) is 79.0 Å². The van der Waals surface area contributed by atoms with Crippen molar-refractivity contribution in [1.29, 1.82) is 0 Å². The Balaban J connectivity index is 1.58. The molecule has 0 unspecified atom stereocenters. The second-order valence-corrected chi connectivity index (χ2v) is 9.61. The van der Waals surface area contributed by atoms with Crippen LogP contribution in [0.1, 0.15) is 28.9 Å². The molecule has 2 heterocycles. The fraction of sp³-hybridized carbons (Fsp3) is 0.346. The minimum atomic E-state index is -0.816. The van der Waals surface area contributed by atoms with E-state index < -0.39 is 17.8 Å². The summed E-state index contributed by atoms with van der Waals surface area (Å²) in [6.07, 6.45) is 0. The van der Waals surface area contributed by atoms with Crippen molar-refractivity contribution in [2.24, 2.45) is 0 Å². The second kappa shape index (κ2) is 11.5. The van der Waals surface area contributed by atoms with E-state index in [0.717, 1.165) is 0 Å². The number of carbonyl (C=O) groups is 3. The normalized spacial score (nSPS) is 18.6. The van der Waals surface area contributed by atoms with Gasteiger partial charge in [0.25, 0.3) is 5.91 Å². The van der Waals surface area contributed by atoms with Crippen LogP contribution in [-0.2, 0) is 9.53 Å². The van der Waals surface area contributed by atoms with Crippen LogP contribution in [0.5, 0.6) is 0 Å². The van der Waals surface area contributed by atoms with Crippen molar-refractivity contribution in [3.63, 3.8) is 0 Å². The fourth-order valence-corrected chi connectivity index (χ4v) is 4.98. The first-order chi connectivity index (χ1) is 17.7. The molecule has 0 aromatic heterocycles.